The predicted octanol–water partition coefficient (Wildman–Crippen LogP) is 0.339. The van der Waals surface area contributed by atoms with E-state index in [9.17, 15) is 10.0 Å². The molecular weight excluding hydrogens is 244 g/mol. The van der Waals surface area contributed by atoms with E-state index in [1.807, 2.05) is 24.3 Å². The molecule has 0 aliphatic carbocycles. The van der Waals surface area contributed by atoms with Crippen molar-refractivity contribution in [2.24, 2.45) is 4.99 Å². The Balaban J connectivity index is 2.04. The molecule has 1 aromatic carbocycles. The van der Waals surface area contributed by atoms with Crippen LogP contribution in [0, 0.1) is 0 Å². The molecule has 0 fully saturated rings. The number of esters is 1. The SMILES string of the molecule is CCOC(=O)C1CC2=c3ccccc3=NC2=CN1O. The number of rotatable bonds is 2. The van der Waals surface area contributed by atoms with Crippen molar-refractivity contribution < 1.29 is 14.7 Å². The Hall–Kier alpha value is -2.14. The van der Waals surface area contributed by atoms with Gasteiger partial charge in [0.2, 0.25) is 0 Å². The van der Waals surface area contributed by atoms with Crippen molar-refractivity contribution in [2.45, 2.75) is 19.4 Å². The largest absolute Gasteiger partial charge is 0.464 e. The highest BCUT2D eigenvalue weighted by molar-refractivity contribution is 5.81. The average Bonchev–Trinajstić information content (AvgIpc) is 2.75. The molecule has 5 heteroatoms. The van der Waals surface area contributed by atoms with E-state index in [0.717, 1.165) is 21.2 Å². The molecule has 1 atom stereocenters. The minimum absolute atomic E-state index is 0.302. The van der Waals surface area contributed by atoms with Crippen molar-refractivity contribution in [3.8, 4) is 0 Å². The van der Waals surface area contributed by atoms with Crippen LogP contribution in [0.25, 0.3) is 5.57 Å². The molecule has 0 amide bonds. The molecular formula is C14H14N2O3. The topological polar surface area (TPSA) is 62.1 Å². The zero-order valence-electron chi connectivity index (χ0n) is 10.5. The number of carbonyl (C=O) groups is 1. The molecule has 0 bridgehead atoms. The van der Waals surface area contributed by atoms with Gasteiger partial charge in [-0.3, -0.25) is 5.21 Å². The van der Waals surface area contributed by atoms with Crippen molar-refractivity contribution in [1.29, 1.82) is 0 Å². The minimum atomic E-state index is -0.694. The molecule has 1 N–H and O–H groups in total. The van der Waals surface area contributed by atoms with Crippen LogP contribution in [-0.4, -0.2) is 28.9 Å². The molecule has 2 aliphatic heterocycles. The number of carbonyl (C=O) groups excluding carboxylic acids is 1. The fourth-order valence-electron chi connectivity index (χ4n) is 2.41. The number of hydrogen-bond acceptors (Lipinski definition) is 5. The van der Waals surface area contributed by atoms with Crippen molar-refractivity contribution in [3.63, 3.8) is 0 Å². The zero-order valence-corrected chi connectivity index (χ0v) is 10.5. The Morgan fingerprint density at radius 1 is 1.53 bits per heavy atom. The van der Waals surface area contributed by atoms with E-state index in [1.54, 1.807) is 6.92 Å². The maximum absolute atomic E-state index is 11.8. The molecule has 2 aliphatic rings. The van der Waals surface area contributed by atoms with Gasteiger partial charge in [-0.25, -0.2) is 14.9 Å². The second-order valence-electron chi connectivity index (χ2n) is 4.47. The summed E-state index contributed by atoms with van der Waals surface area (Å²) < 4.78 is 4.97. The van der Waals surface area contributed by atoms with Crippen molar-refractivity contribution in [1.82, 2.24) is 5.06 Å². The lowest BCUT2D eigenvalue weighted by Gasteiger charge is -2.27. The molecule has 19 heavy (non-hydrogen) atoms. The Morgan fingerprint density at radius 3 is 3.11 bits per heavy atom. The fraction of sp³-hybridized carbons (Fsp3) is 0.286. The summed E-state index contributed by atoms with van der Waals surface area (Å²) in [4.78, 5) is 16.2. The van der Waals surface area contributed by atoms with Crippen LogP contribution in [0.15, 0.2) is 41.2 Å². The summed E-state index contributed by atoms with van der Waals surface area (Å²) in [5, 5.41) is 12.7. The first-order chi connectivity index (χ1) is 9.20. The number of fused-ring (bicyclic) bond motifs is 2. The van der Waals surface area contributed by atoms with E-state index < -0.39 is 12.0 Å². The zero-order chi connectivity index (χ0) is 13.4. The van der Waals surface area contributed by atoms with Crippen molar-refractivity contribution in [3.05, 3.63) is 46.7 Å². The van der Waals surface area contributed by atoms with Crippen LogP contribution in [0.2, 0.25) is 0 Å². The van der Waals surface area contributed by atoms with E-state index in [0.29, 0.717) is 18.7 Å². The van der Waals surface area contributed by atoms with Gasteiger partial charge in [0.1, 0.15) is 0 Å². The van der Waals surface area contributed by atoms with Crippen LogP contribution in [-0.2, 0) is 9.53 Å². The molecule has 5 nitrogen and oxygen atoms in total. The fourth-order valence-corrected chi connectivity index (χ4v) is 2.41. The molecule has 0 aromatic heterocycles. The molecule has 0 spiro atoms. The molecule has 1 unspecified atom stereocenters. The van der Waals surface area contributed by atoms with E-state index in [1.165, 1.54) is 6.20 Å². The lowest BCUT2D eigenvalue weighted by molar-refractivity contribution is -0.163. The van der Waals surface area contributed by atoms with E-state index >= 15 is 0 Å². The monoisotopic (exact) mass is 258 g/mol. The van der Waals surface area contributed by atoms with Gasteiger partial charge < -0.3 is 4.74 Å². The summed E-state index contributed by atoms with van der Waals surface area (Å²) in [7, 11) is 0. The number of hydrogen-bond donors (Lipinski definition) is 1. The Morgan fingerprint density at radius 2 is 2.32 bits per heavy atom. The highest BCUT2D eigenvalue weighted by atomic mass is 16.5. The first-order valence-corrected chi connectivity index (χ1v) is 6.23. The van der Waals surface area contributed by atoms with Gasteiger partial charge in [0.25, 0.3) is 0 Å². The second kappa shape index (κ2) is 4.51. The third kappa shape index (κ3) is 1.92. The standard InChI is InChI=1S/C14H14N2O3/c1-2-19-14(17)13-7-10-9-5-3-4-6-11(9)15-12(10)8-16(13)18/h3-6,8,13,18H,2,7H2,1H3. The molecule has 0 saturated carbocycles. The van der Waals surface area contributed by atoms with Gasteiger partial charge in [0.15, 0.2) is 6.04 Å². The predicted molar refractivity (Wildman–Crippen MR) is 67.4 cm³/mol. The highest BCUT2D eigenvalue weighted by Crippen LogP contribution is 2.27. The van der Waals surface area contributed by atoms with Gasteiger partial charge in [-0.1, -0.05) is 18.2 Å². The van der Waals surface area contributed by atoms with Gasteiger partial charge in [0, 0.05) is 11.6 Å². The Bertz CT molecular complexity index is 678. The smallest absolute Gasteiger partial charge is 0.331 e. The van der Waals surface area contributed by atoms with E-state index in [-0.39, 0.29) is 0 Å². The third-order valence-electron chi connectivity index (χ3n) is 3.31. The van der Waals surface area contributed by atoms with Gasteiger partial charge in [-0.15, -0.1) is 0 Å². The summed E-state index contributed by atoms with van der Waals surface area (Å²) in [6.45, 7) is 2.05. The molecule has 98 valence electrons. The summed E-state index contributed by atoms with van der Waals surface area (Å²) in [5.41, 5.74) is 1.70. The Labute approximate surface area is 110 Å². The number of ether oxygens (including phenoxy) is 1. The van der Waals surface area contributed by atoms with E-state index in [4.69, 9.17) is 4.74 Å². The van der Waals surface area contributed by atoms with Crippen LogP contribution in [0.4, 0.5) is 0 Å². The van der Waals surface area contributed by atoms with E-state index in [2.05, 4.69) is 4.99 Å². The van der Waals surface area contributed by atoms with Gasteiger partial charge >= 0.3 is 5.97 Å². The highest BCUT2D eigenvalue weighted by Gasteiger charge is 2.32. The number of para-hydroxylation sites is 1. The number of hydroxylamine groups is 2. The Kier molecular flexibility index (Phi) is 2.83. The number of benzene rings is 1. The first-order valence-electron chi connectivity index (χ1n) is 6.23. The lowest BCUT2D eigenvalue weighted by atomic mass is 9.99. The van der Waals surface area contributed by atoms with Crippen LogP contribution < -0.4 is 10.6 Å². The second-order valence-corrected chi connectivity index (χ2v) is 4.47. The normalized spacial score (nSPS) is 20.3. The minimum Gasteiger partial charge on any atom is -0.464 e. The summed E-state index contributed by atoms with van der Waals surface area (Å²) in [6.07, 6.45) is 1.89. The number of allylic oxidation sites excluding steroid dienone is 1. The van der Waals surface area contributed by atoms with Crippen LogP contribution >= 0.6 is 0 Å². The van der Waals surface area contributed by atoms with Crippen LogP contribution in [0.3, 0.4) is 0 Å². The molecule has 3 rings (SSSR count). The maximum Gasteiger partial charge on any atom is 0.331 e. The van der Waals surface area contributed by atoms with Crippen LogP contribution in [0.5, 0.6) is 0 Å². The first kappa shape index (κ1) is 11.9. The average molecular weight is 258 g/mol. The van der Waals surface area contributed by atoms with Crippen molar-refractivity contribution >= 4 is 11.5 Å². The molecule has 2 heterocycles. The maximum atomic E-state index is 11.8. The lowest BCUT2D eigenvalue weighted by Crippen LogP contribution is -2.40. The van der Waals surface area contributed by atoms with Gasteiger partial charge in [-0.2, -0.15) is 0 Å². The van der Waals surface area contributed by atoms with Crippen LogP contribution in [0.1, 0.15) is 13.3 Å². The number of nitrogens with zero attached hydrogens (tertiary/aromatic N) is 2. The van der Waals surface area contributed by atoms with Gasteiger partial charge in [0.05, 0.1) is 23.9 Å². The quantitative estimate of drug-likeness (QED) is 0.777. The van der Waals surface area contributed by atoms with Gasteiger partial charge in [-0.05, 0) is 18.6 Å². The molecule has 0 saturated heterocycles. The summed E-state index contributed by atoms with van der Waals surface area (Å²) >= 11 is 0. The molecule has 0 radical (unpaired) electrons. The summed E-state index contributed by atoms with van der Waals surface area (Å²) in [6, 6.07) is 7.06. The third-order valence-corrected chi connectivity index (χ3v) is 3.31. The van der Waals surface area contributed by atoms with Crippen molar-refractivity contribution in [2.75, 3.05) is 6.61 Å². The summed E-state index contributed by atoms with van der Waals surface area (Å²) in [5.74, 6) is -0.419. The molecule has 1 aromatic rings.